The van der Waals surface area contributed by atoms with Gasteiger partial charge in [0.15, 0.2) is 0 Å². The number of furan rings is 1. The highest BCUT2D eigenvalue weighted by molar-refractivity contribution is 7.27. The molecule has 9 aromatic rings. The summed E-state index contributed by atoms with van der Waals surface area (Å²) >= 11 is 1.88. The molecule has 0 fully saturated rings. The molecule has 0 saturated heterocycles. The summed E-state index contributed by atoms with van der Waals surface area (Å²) in [6.07, 6.45) is 0. The number of thiophene rings is 1. The largest absolute Gasteiger partial charge is 0.455 e. The first-order valence-electron chi connectivity index (χ1n) is 14.5. The zero-order chi connectivity index (χ0) is 28.3. The van der Waals surface area contributed by atoms with Crippen LogP contribution >= 0.6 is 11.3 Å². The summed E-state index contributed by atoms with van der Waals surface area (Å²) in [5, 5.41) is 7.33. The summed E-state index contributed by atoms with van der Waals surface area (Å²) in [7, 11) is 0. The number of hydrogen-bond donors (Lipinski definition) is 0. The van der Waals surface area contributed by atoms with Gasteiger partial charge in [-0.1, -0.05) is 115 Å². The average Bonchev–Trinajstić information content (AvgIpc) is 3.65. The van der Waals surface area contributed by atoms with Gasteiger partial charge in [0.1, 0.15) is 11.2 Å². The normalized spacial score (nSPS) is 11.7. The van der Waals surface area contributed by atoms with E-state index in [2.05, 4.69) is 150 Å². The van der Waals surface area contributed by atoms with Crippen molar-refractivity contribution < 1.29 is 4.42 Å². The first-order chi connectivity index (χ1) is 21.3. The summed E-state index contributed by atoms with van der Waals surface area (Å²) in [5.74, 6) is 0. The van der Waals surface area contributed by atoms with Gasteiger partial charge in [-0.15, -0.1) is 11.3 Å². The van der Waals surface area contributed by atoms with E-state index in [-0.39, 0.29) is 0 Å². The molecule has 0 N–H and O–H groups in total. The minimum atomic E-state index is 0.922. The summed E-state index contributed by atoms with van der Waals surface area (Å²) in [4.78, 5) is 2.38. The fourth-order valence-corrected chi connectivity index (χ4v) is 7.89. The Labute approximate surface area is 252 Å². The maximum Gasteiger partial charge on any atom is 0.143 e. The summed E-state index contributed by atoms with van der Waals surface area (Å²) < 4.78 is 9.06. The quantitative estimate of drug-likeness (QED) is 0.210. The minimum Gasteiger partial charge on any atom is -0.455 e. The predicted octanol–water partition coefficient (Wildman–Crippen LogP) is 12.2. The molecule has 0 spiro atoms. The van der Waals surface area contributed by atoms with Gasteiger partial charge in [-0.25, -0.2) is 0 Å². The molecule has 0 radical (unpaired) electrons. The summed E-state index contributed by atoms with van der Waals surface area (Å²) in [6, 6.07) is 54.0. The zero-order valence-corrected chi connectivity index (χ0v) is 24.0. The Morgan fingerprint density at radius 2 is 0.977 bits per heavy atom. The molecule has 7 aromatic carbocycles. The number of fused-ring (bicyclic) bond motifs is 8. The van der Waals surface area contributed by atoms with Crippen LogP contribution in [0.2, 0.25) is 0 Å². The van der Waals surface area contributed by atoms with Crippen LogP contribution in [0.1, 0.15) is 0 Å². The molecule has 202 valence electrons. The lowest BCUT2D eigenvalue weighted by Crippen LogP contribution is -2.10. The molecule has 43 heavy (non-hydrogen) atoms. The molecular weight excluding hydrogens is 543 g/mol. The molecule has 0 amide bonds. The van der Waals surface area contributed by atoms with Crippen LogP contribution in [0, 0.1) is 0 Å². The predicted molar refractivity (Wildman–Crippen MR) is 184 cm³/mol. The molecule has 0 aliphatic rings. The number of para-hydroxylation sites is 4. The van der Waals surface area contributed by atoms with Gasteiger partial charge >= 0.3 is 0 Å². The number of anilines is 3. The molecule has 0 atom stereocenters. The van der Waals surface area contributed by atoms with Crippen molar-refractivity contribution >= 4 is 81.3 Å². The molecule has 0 unspecified atom stereocenters. The molecule has 2 aromatic heterocycles. The second kappa shape index (κ2) is 9.59. The molecule has 2 heterocycles. The van der Waals surface area contributed by atoms with Crippen LogP contribution in [0.25, 0.3) is 64.0 Å². The van der Waals surface area contributed by atoms with E-state index < -0.39 is 0 Å². The van der Waals surface area contributed by atoms with Gasteiger partial charge in [0.25, 0.3) is 0 Å². The van der Waals surface area contributed by atoms with Gasteiger partial charge in [-0.3, -0.25) is 0 Å². The Bertz CT molecular complexity index is 2420. The third-order valence-corrected chi connectivity index (χ3v) is 9.73. The molecule has 9 rings (SSSR count). The van der Waals surface area contributed by atoms with E-state index in [0.717, 1.165) is 38.9 Å². The van der Waals surface area contributed by atoms with Crippen molar-refractivity contribution in [3.63, 3.8) is 0 Å². The summed E-state index contributed by atoms with van der Waals surface area (Å²) in [6.45, 7) is 0. The van der Waals surface area contributed by atoms with Crippen LogP contribution in [-0.2, 0) is 0 Å². The first-order valence-corrected chi connectivity index (χ1v) is 15.3. The lowest BCUT2D eigenvalue weighted by atomic mass is 9.98. The van der Waals surface area contributed by atoms with E-state index >= 15 is 0 Å². The van der Waals surface area contributed by atoms with Crippen LogP contribution in [-0.4, -0.2) is 0 Å². The second-order valence-electron chi connectivity index (χ2n) is 10.9. The highest BCUT2D eigenvalue weighted by Gasteiger charge is 2.21. The Kier molecular flexibility index (Phi) is 5.40. The van der Waals surface area contributed by atoms with Crippen molar-refractivity contribution in [1.82, 2.24) is 0 Å². The van der Waals surface area contributed by atoms with Gasteiger partial charge in [0, 0.05) is 64.2 Å². The topological polar surface area (TPSA) is 16.4 Å². The van der Waals surface area contributed by atoms with Gasteiger partial charge in [-0.05, 0) is 36.4 Å². The van der Waals surface area contributed by atoms with Gasteiger partial charge in [0.2, 0.25) is 0 Å². The highest BCUT2D eigenvalue weighted by atomic mass is 32.1. The van der Waals surface area contributed by atoms with Crippen LogP contribution in [0.5, 0.6) is 0 Å². The maximum absolute atomic E-state index is 6.48. The van der Waals surface area contributed by atoms with E-state index in [1.165, 1.54) is 42.2 Å². The smallest absolute Gasteiger partial charge is 0.143 e. The standard InChI is InChI=1S/C40H25NOS/c1-3-13-26(14-4-1)41(27-15-5-2-6-16-27)36-25-35-34-23-12-22-33(39(34)43-40(35)32-19-8-7-17-28(32)36)31-21-11-20-30-29-18-9-10-24-37(29)42-38(30)31/h1-25H. The number of rotatable bonds is 4. The lowest BCUT2D eigenvalue weighted by molar-refractivity contribution is 0.670. The lowest BCUT2D eigenvalue weighted by Gasteiger charge is -2.27. The molecule has 0 aliphatic carbocycles. The van der Waals surface area contributed by atoms with Crippen molar-refractivity contribution in [2.45, 2.75) is 0 Å². The summed E-state index contributed by atoms with van der Waals surface area (Å²) in [5.41, 5.74) is 7.64. The van der Waals surface area contributed by atoms with Crippen molar-refractivity contribution in [1.29, 1.82) is 0 Å². The van der Waals surface area contributed by atoms with Gasteiger partial charge in [0.05, 0.1) is 5.69 Å². The second-order valence-corrected chi connectivity index (χ2v) is 11.9. The van der Waals surface area contributed by atoms with Crippen LogP contribution < -0.4 is 4.90 Å². The molecule has 2 nitrogen and oxygen atoms in total. The first kappa shape index (κ1) is 24.2. The third kappa shape index (κ3) is 3.72. The number of hydrogen-bond acceptors (Lipinski definition) is 3. The monoisotopic (exact) mass is 567 g/mol. The average molecular weight is 568 g/mol. The Morgan fingerprint density at radius 1 is 0.419 bits per heavy atom. The van der Waals surface area contributed by atoms with E-state index in [1.807, 2.05) is 17.4 Å². The molecule has 0 saturated carbocycles. The van der Waals surface area contributed by atoms with Gasteiger partial charge < -0.3 is 9.32 Å². The Hall–Kier alpha value is -5.38. The zero-order valence-electron chi connectivity index (χ0n) is 23.2. The van der Waals surface area contributed by atoms with E-state index in [4.69, 9.17) is 4.42 Å². The Morgan fingerprint density at radius 3 is 1.72 bits per heavy atom. The molecule has 3 heteroatoms. The van der Waals surface area contributed by atoms with Crippen molar-refractivity contribution in [3.05, 3.63) is 152 Å². The van der Waals surface area contributed by atoms with E-state index in [1.54, 1.807) is 0 Å². The minimum absolute atomic E-state index is 0.922. The van der Waals surface area contributed by atoms with Crippen LogP contribution in [0.15, 0.2) is 156 Å². The third-order valence-electron chi connectivity index (χ3n) is 8.45. The maximum atomic E-state index is 6.48. The Balaban J connectivity index is 1.36. The van der Waals surface area contributed by atoms with E-state index in [9.17, 15) is 0 Å². The fourth-order valence-electron chi connectivity index (χ4n) is 6.54. The highest BCUT2D eigenvalue weighted by Crippen LogP contribution is 2.49. The van der Waals surface area contributed by atoms with Crippen molar-refractivity contribution in [2.75, 3.05) is 4.90 Å². The SMILES string of the molecule is c1ccc(N(c2ccccc2)c2cc3c4cccc(-c5cccc6c5oc5ccccc56)c4sc3c3ccccc23)cc1. The van der Waals surface area contributed by atoms with Crippen molar-refractivity contribution in [2.24, 2.45) is 0 Å². The van der Waals surface area contributed by atoms with Gasteiger partial charge in [-0.2, -0.15) is 0 Å². The fraction of sp³-hybridized carbons (Fsp3) is 0. The van der Waals surface area contributed by atoms with Crippen LogP contribution in [0.4, 0.5) is 17.1 Å². The van der Waals surface area contributed by atoms with Crippen LogP contribution in [0.3, 0.4) is 0 Å². The number of benzene rings is 7. The molecule has 0 bridgehead atoms. The van der Waals surface area contributed by atoms with Crippen molar-refractivity contribution in [3.8, 4) is 11.1 Å². The molecule has 0 aliphatic heterocycles. The van der Waals surface area contributed by atoms with E-state index in [0.29, 0.717) is 0 Å². The number of nitrogens with zero attached hydrogens (tertiary/aromatic N) is 1. The molecular formula is C40H25NOS.